The van der Waals surface area contributed by atoms with E-state index in [1.165, 1.54) is 12.3 Å². The Hall–Kier alpha value is -1.04. The molecule has 0 spiro atoms. The van der Waals surface area contributed by atoms with Crippen molar-refractivity contribution in [2.24, 2.45) is 5.92 Å². The van der Waals surface area contributed by atoms with E-state index in [1.807, 2.05) is 0 Å². The van der Waals surface area contributed by atoms with Crippen molar-refractivity contribution >= 4 is 17.3 Å². The van der Waals surface area contributed by atoms with Crippen molar-refractivity contribution in [1.82, 2.24) is 10.2 Å². The molecule has 1 atom stereocenters. The van der Waals surface area contributed by atoms with Crippen LogP contribution in [0.1, 0.15) is 20.3 Å². The summed E-state index contributed by atoms with van der Waals surface area (Å²) in [5.74, 6) is -1.35. The maximum atomic E-state index is 12.9. The van der Waals surface area contributed by atoms with Gasteiger partial charge in [-0.25, -0.2) is 0 Å². The molecule has 18 heavy (non-hydrogen) atoms. The number of hydrogen-bond acceptors (Lipinski definition) is 3. The summed E-state index contributed by atoms with van der Waals surface area (Å²) in [7, 11) is 0. The van der Waals surface area contributed by atoms with Crippen LogP contribution in [-0.2, 0) is 0 Å². The fourth-order valence-electron chi connectivity index (χ4n) is 2.59. The Balaban J connectivity index is 2.32. The molecule has 1 unspecified atom stereocenters. The van der Waals surface area contributed by atoms with Gasteiger partial charge in [0, 0.05) is 18.2 Å². The highest BCUT2D eigenvalue weighted by molar-refractivity contribution is 6.29. The predicted octanol–water partition coefficient (Wildman–Crippen LogP) is 3.30. The molecular weight excluding hydrogens is 267 g/mol. The summed E-state index contributed by atoms with van der Waals surface area (Å²) in [4.78, 5) is 1.69. The molecular formula is C11H13ClF3N3. The van der Waals surface area contributed by atoms with Crippen LogP contribution in [0, 0.1) is 5.92 Å². The minimum atomic E-state index is -4.19. The second-order valence-corrected chi connectivity index (χ2v) is 5.31. The molecule has 1 aromatic rings. The highest BCUT2D eigenvalue weighted by Crippen LogP contribution is 2.46. The molecule has 0 N–H and O–H groups in total. The van der Waals surface area contributed by atoms with Crippen LogP contribution in [0.25, 0.3) is 0 Å². The number of hydrogen-bond donors (Lipinski definition) is 0. The normalized spacial score (nSPS) is 23.4. The molecule has 0 saturated carbocycles. The Morgan fingerprint density at radius 1 is 1.44 bits per heavy atom. The van der Waals surface area contributed by atoms with Crippen LogP contribution < -0.4 is 4.90 Å². The zero-order valence-corrected chi connectivity index (χ0v) is 10.8. The molecule has 0 amide bonds. The summed E-state index contributed by atoms with van der Waals surface area (Å²) in [5, 5.41) is 7.45. The SMILES string of the molecule is CC1(C)C(C(F)(F)F)CCN1c1cnnc(Cl)c1. The lowest BCUT2D eigenvalue weighted by Crippen LogP contribution is -2.47. The Labute approximate surface area is 108 Å². The van der Waals surface area contributed by atoms with Crippen molar-refractivity contribution in [3.63, 3.8) is 0 Å². The quantitative estimate of drug-likeness (QED) is 0.790. The molecule has 1 fully saturated rings. The Morgan fingerprint density at radius 2 is 2.11 bits per heavy atom. The summed E-state index contributed by atoms with van der Waals surface area (Å²) >= 11 is 5.72. The third kappa shape index (κ3) is 2.25. The minimum absolute atomic E-state index is 0.0798. The zero-order chi connectivity index (χ0) is 13.6. The summed E-state index contributed by atoms with van der Waals surface area (Å²) in [6.45, 7) is 3.51. The van der Waals surface area contributed by atoms with Gasteiger partial charge in [-0.2, -0.15) is 18.3 Å². The lowest BCUT2D eigenvalue weighted by atomic mass is 9.88. The molecule has 2 heterocycles. The van der Waals surface area contributed by atoms with Crippen molar-refractivity contribution in [2.45, 2.75) is 32.0 Å². The van der Waals surface area contributed by atoms with Gasteiger partial charge >= 0.3 is 6.18 Å². The van der Waals surface area contributed by atoms with Crippen LogP contribution in [0.3, 0.4) is 0 Å². The number of anilines is 1. The maximum absolute atomic E-state index is 12.9. The van der Waals surface area contributed by atoms with Gasteiger partial charge in [0.2, 0.25) is 0 Å². The van der Waals surface area contributed by atoms with E-state index < -0.39 is 17.6 Å². The van der Waals surface area contributed by atoms with E-state index in [2.05, 4.69) is 10.2 Å². The first-order chi connectivity index (χ1) is 8.23. The lowest BCUT2D eigenvalue weighted by molar-refractivity contribution is -0.183. The highest BCUT2D eigenvalue weighted by atomic mass is 35.5. The first-order valence-corrected chi connectivity index (χ1v) is 5.93. The standard InChI is InChI=1S/C11H13ClF3N3/c1-10(2)8(11(13,14)15)3-4-18(10)7-5-9(12)17-16-6-7/h5-6,8H,3-4H2,1-2H3. The van der Waals surface area contributed by atoms with Gasteiger partial charge in [-0.1, -0.05) is 11.6 Å². The Bertz CT molecular complexity index is 447. The number of alkyl halides is 3. The third-order valence-corrected chi connectivity index (χ3v) is 3.69. The van der Waals surface area contributed by atoms with Crippen LogP contribution in [0.5, 0.6) is 0 Å². The van der Waals surface area contributed by atoms with Crippen molar-refractivity contribution in [2.75, 3.05) is 11.4 Å². The lowest BCUT2D eigenvalue weighted by Gasteiger charge is -2.38. The average molecular weight is 280 g/mol. The molecule has 2 rings (SSSR count). The second kappa shape index (κ2) is 4.26. The van der Waals surface area contributed by atoms with Crippen molar-refractivity contribution in [3.8, 4) is 0 Å². The van der Waals surface area contributed by atoms with E-state index >= 15 is 0 Å². The third-order valence-electron chi connectivity index (χ3n) is 3.51. The van der Waals surface area contributed by atoms with Crippen molar-refractivity contribution in [1.29, 1.82) is 0 Å². The Kier molecular flexibility index (Phi) is 3.17. The van der Waals surface area contributed by atoms with Crippen molar-refractivity contribution < 1.29 is 13.2 Å². The first kappa shape index (κ1) is 13.4. The molecule has 1 saturated heterocycles. The molecule has 0 aliphatic carbocycles. The second-order valence-electron chi connectivity index (χ2n) is 4.92. The minimum Gasteiger partial charge on any atom is -0.364 e. The molecule has 0 bridgehead atoms. The largest absolute Gasteiger partial charge is 0.394 e. The van der Waals surface area contributed by atoms with Gasteiger partial charge in [-0.05, 0) is 20.3 Å². The van der Waals surface area contributed by atoms with Crippen LogP contribution in [0.2, 0.25) is 5.15 Å². The van der Waals surface area contributed by atoms with Gasteiger partial charge in [0.1, 0.15) is 0 Å². The van der Waals surface area contributed by atoms with Crippen molar-refractivity contribution in [3.05, 3.63) is 17.4 Å². The number of halogens is 4. The van der Waals surface area contributed by atoms with Gasteiger partial charge in [0.15, 0.2) is 5.15 Å². The smallest absolute Gasteiger partial charge is 0.364 e. The van der Waals surface area contributed by atoms with E-state index in [-0.39, 0.29) is 11.6 Å². The molecule has 3 nitrogen and oxygen atoms in total. The fraction of sp³-hybridized carbons (Fsp3) is 0.636. The van der Waals surface area contributed by atoms with Crippen LogP contribution in [0.15, 0.2) is 12.3 Å². The number of aromatic nitrogens is 2. The highest BCUT2D eigenvalue weighted by Gasteiger charge is 2.55. The van der Waals surface area contributed by atoms with E-state index in [1.54, 1.807) is 18.7 Å². The first-order valence-electron chi connectivity index (χ1n) is 5.55. The van der Waals surface area contributed by atoms with Crippen LogP contribution in [0.4, 0.5) is 18.9 Å². The fourth-order valence-corrected chi connectivity index (χ4v) is 2.75. The molecule has 100 valence electrons. The van der Waals surface area contributed by atoms with E-state index in [4.69, 9.17) is 11.6 Å². The van der Waals surface area contributed by atoms with Gasteiger partial charge < -0.3 is 4.90 Å². The summed E-state index contributed by atoms with van der Waals surface area (Å²) in [6, 6.07) is 1.54. The number of rotatable bonds is 1. The van der Waals surface area contributed by atoms with E-state index in [0.717, 1.165) is 0 Å². The van der Waals surface area contributed by atoms with Crippen LogP contribution in [-0.4, -0.2) is 28.5 Å². The average Bonchev–Trinajstić information content (AvgIpc) is 2.53. The molecule has 0 aromatic carbocycles. The van der Waals surface area contributed by atoms with Crippen LogP contribution >= 0.6 is 11.6 Å². The monoisotopic (exact) mass is 279 g/mol. The number of nitrogens with zero attached hydrogens (tertiary/aromatic N) is 3. The molecule has 1 aliphatic heterocycles. The summed E-state index contributed by atoms with van der Waals surface area (Å²) in [6.07, 6.45) is -2.68. The maximum Gasteiger partial charge on any atom is 0.394 e. The summed E-state index contributed by atoms with van der Waals surface area (Å²) in [5.41, 5.74) is -0.434. The zero-order valence-electron chi connectivity index (χ0n) is 10.00. The van der Waals surface area contributed by atoms with Gasteiger partial charge in [-0.15, -0.1) is 5.10 Å². The topological polar surface area (TPSA) is 29.0 Å². The molecule has 0 radical (unpaired) electrons. The molecule has 1 aromatic heterocycles. The van der Waals surface area contributed by atoms with Gasteiger partial charge in [0.05, 0.1) is 17.8 Å². The van der Waals surface area contributed by atoms with Gasteiger partial charge in [-0.3, -0.25) is 0 Å². The molecule has 7 heteroatoms. The summed E-state index contributed by atoms with van der Waals surface area (Å²) < 4.78 is 38.8. The molecule has 1 aliphatic rings. The predicted molar refractivity (Wildman–Crippen MR) is 62.6 cm³/mol. The van der Waals surface area contributed by atoms with E-state index in [9.17, 15) is 13.2 Å². The Morgan fingerprint density at radius 3 is 2.61 bits per heavy atom. The van der Waals surface area contributed by atoms with E-state index in [0.29, 0.717) is 12.2 Å². The van der Waals surface area contributed by atoms with Gasteiger partial charge in [0.25, 0.3) is 0 Å².